The first kappa shape index (κ1) is 15.5. The van der Waals surface area contributed by atoms with Gasteiger partial charge in [0.05, 0.1) is 5.56 Å². The van der Waals surface area contributed by atoms with Crippen LogP contribution in [-0.4, -0.2) is 5.11 Å². The molecule has 2 N–H and O–H groups in total. The first-order valence-corrected chi connectivity index (χ1v) is 6.54. The predicted octanol–water partition coefficient (Wildman–Crippen LogP) is 4.98. The summed E-state index contributed by atoms with van der Waals surface area (Å²) in [6.45, 7) is 1.88. The maximum absolute atomic E-state index is 12.7. The average molecular weight is 316 g/mol. The molecule has 21 heavy (non-hydrogen) atoms. The van der Waals surface area contributed by atoms with Crippen molar-refractivity contribution in [2.75, 3.05) is 5.32 Å². The van der Waals surface area contributed by atoms with Crippen molar-refractivity contribution in [3.63, 3.8) is 0 Å². The van der Waals surface area contributed by atoms with Crippen molar-refractivity contribution in [2.45, 2.75) is 19.6 Å². The molecule has 0 amide bonds. The first-order chi connectivity index (χ1) is 9.77. The van der Waals surface area contributed by atoms with Gasteiger partial charge in [-0.2, -0.15) is 13.2 Å². The second kappa shape index (κ2) is 5.85. The van der Waals surface area contributed by atoms with Crippen molar-refractivity contribution in [2.24, 2.45) is 0 Å². The Hall–Kier alpha value is -1.88. The van der Waals surface area contributed by atoms with E-state index in [0.29, 0.717) is 21.8 Å². The lowest BCUT2D eigenvalue weighted by molar-refractivity contribution is -0.137. The highest BCUT2D eigenvalue weighted by molar-refractivity contribution is 6.30. The van der Waals surface area contributed by atoms with E-state index in [4.69, 9.17) is 11.6 Å². The van der Waals surface area contributed by atoms with Crippen LogP contribution in [0.1, 0.15) is 16.7 Å². The summed E-state index contributed by atoms with van der Waals surface area (Å²) < 4.78 is 38.1. The second-order valence-corrected chi connectivity index (χ2v) is 5.09. The highest BCUT2D eigenvalue weighted by atomic mass is 35.5. The van der Waals surface area contributed by atoms with Crippen molar-refractivity contribution in [3.05, 3.63) is 58.1 Å². The van der Waals surface area contributed by atoms with Crippen molar-refractivity contribution < 1.29 is 18.3 Å². The maximum atomic E-state index is 12.7. The Bertz CT molecular complexity index is 656. The zero-order valence-corrected chi connectivity index (χ0v) is 11.9. The van der Waals surface area contributed by atoms with Gasteiger partial charge in [-0.15, -0.1) is 0 Å². The van der Waals surface area contributed by atoms with Gasteiger partial charge >= 0.3 is 6.18 Å². The van der Waals surface area contributed by atoms with Gasteiger partial charge in [-0.05, 0) is 42.8 Å². The van der Waals surface area contributed by atoms with Gasteiger partial charge in [0.1, 0.15) is 5.75 Å². The second-order valence-electron chi connectivity index (χ2n) is 4.65. The lowest BCUT2D eigenvalue weighted by atomic mass is 10.1. The van der Waals surface area contributed by atoms with Crippen molar-refractivity contribution in [1.29, 1.82) is 0 Å². The molecule has 0 bridgehead atoms. The number of rotatable bonds is 3. The summed E-state index contributed by atoms with van der Waals surface area (Å²) in [6.07, 6.45) is -4.39. The number of alkyl halides is 3. The Labute approximate surface area is 125 Å². The number of nitrogens with one attached hydrogen (secondary N) is 1. The van der Waals surface area contributed by atoms with Crippen LogP contribution in [0.2, 0.25) is 5.02 Å². The highest BCUT2D eigenvalue weighted by Crippen LogP contribution is 2.32. The molecule has 0 fully saturated rings. The number of hydrogen-bond acceptors (Lipinski definition) is 2. The Balaban J connectivity index is 2.22. The largest absolute Gasteiger partial charge is 0.508 e. The van der Waals surface area contributed by atoms with Crippen LogP contribution >= 0.6 is 11.6 Å². The fourth-order valence-corrected chi connectivity index (χ4v) is 2.07. The fraction of sp³-hybridized carbons (Fsp3) is 0.200. The van der Waals surface area contributed by atoms with Gasteiger partial charge in [0, 0.05) is 22.8 Å². The van der Waals surface area contributed by atoms with Crippen molar-refractivity contribution in [1.82, 2.24) is 0 Å². The lowest BCUT2D eigenvalue weighted by Gasteiger charge is -2.14. The molecule has 0 aliphatic carbocycles. The van der Waals surface area contributed by atoms with Gasteiger partial charge in [0.25, 0.3) is 0 Å². The van der Waals surface area contributed by atoms with E-state index in [-0.39, 0.29) is 12.3 Å². The molecule has 2 aromatic rings. The summed E-state index contributed by atoms with van der Waals surface area (Å²) in [6, 6.07) is 8.04. The Morgan fingerprint density at radius 1 is 1.14 bits per heavy atom. The molecule has 0 saturated heterocycles. The molecule has 6 heteroatoms. The number of phenols is 1. The molecule has 2 rings (SSSR count). The summed E-state index contributed by atoms with van der Waals surface area (Å²) in [5.74, 6) is 0.0385. The Morgan fingerprint density at radius 2 is 1.86 bits per heavy atom. The summed E-state index contributed by atoms with van der Waals surface area (Å²) in [4.78, 5) is 0. The standard InChI is InChI=1S/C15H13ClF3NO/c1-9-2-3-11(15(17,18)19)7-13(9)20-8-10-6-12(16)4-5-14(10)21/h2-7,20-21H,8H2,1H3. The summed E-state index contributed by atoms with van der Waals surface area (Å²) in [5.41, 5.74) is 0.846. The molecule has 0 unspecified atom stereocenters. The predicted molar refractivity (Wildman–Crippen MR) is 76.6 cm³/mol. The minimum Gasteiger partial charge on any atom is -0.508 e. The van der Waals surface area contributed by atoms with Crippen LogP contribution in [0.5, 0.6) is 5.75 Å². The molecule has 0 heterocycles. The molecule has 2 nitrogen and oxygen atoms in total. The third-order valence-corrected chi connectivity index (χ3v) is 3.31. The van der Waals surface area contributed by atoms with Crippen molar-refractivity contribution >= 4 is 17.3 Å². The number of hydrogen-bond donors (Lipinski definition) is 2. The lowest BCUT2D eigenvalue weighted by Crippen LogP contribution is -2.07. The van der Waals surface area contributed by atoms with Crippen LogP contribution in [-0.2, 0) is 12.7 Å². The Morgan fingerprint density at radius 3 is 2.52 bits per heavy atom. The fourth-order valence-electron chi connectivity index (χ4n) is 1.87. The molecule has 0 radical (unpaired) electrons. The van der Waals surface area contributed by atoms with Gasteiger partial charge < -0.3 is 10.4 Å². The minimum absolute atomic E-state index is 0.0385. The minimum atomic E-state index is -4.39. The highest BCUT2D eigenvalue weighted by Gasteiger charge is 2.30. The number of aromatic hydroxyl groups is 1. The van der Waals surface area contributed by atoms with Crippen LogP contribution in [0.4, 0.5) is 18.9 Å². The Kier molecular flexibility index (Phi) is 4.32. The van der Waals surface area contributed by atoms with Crippen LogP contribution in [0, 0.1) is 6.92 Å². The summed E-state index contributed by atoms with van der Waals surface area (Å²) in [5, 5.41) is 13.0. The molecular formula is C15H13ClF3NO. The van der Waals surface area contributed by atoms with Gasteiger partial charge in [-0.3, -0.25) is 0 Å². The summed E-state index contributed by atoms with van der Waals surface area (Å²) >= 11 is 5.83. The zero-order chi connectivity index (χ0) is 15.6. The van der Waals surface area contributed by atoms with E-state index >= 15 is 0 Å². The van der Waals surface area contributed by atoms with E-state index in [1.54, 1.807) is 13.0 Å². The van der Waals surface area contributed by atoms with Crippen molar-refractivity contribution in [3.8, 4) is 5.75 Å². The quantitative estimate of drug-likeness (QED) is 0.836. The van der Waals surface area contributed by atoms with Crippen LogP contribution < -0.4 is 5.32 Å². The molecule has 0 aliphatic heterocycles. The number of benzene rings is 2. The third-order valence-electron chi connectivity index (χ3n) is 3.08. The normalized spacial score (nSPS) is 11.5. The van der Waals surface area contributed by atoms with Gasteiger partial charge in [0.15, 0.2) is 0 Å². The van der Waals surface area contributed by atoms with Crippen LogP contribution in [0.25, 0.3) is 0 Å². The average Bonchev–Trinajstić information content (AvgIpc) is 2.40. The molecule has 0 atom stereocenters. The van der Waals surface area contributed by atoms with Gasteiger partial charge in [-0.1, -0.05) is 17.7 Å². The van der Waals surface area contributed by atoms with E-state index in [0.717, 1.165) is 12.1 Å². The molecule has 0 aromatic heterocycles. The molecule has 112 valence electrons. The van der Waals surface area contributed by atoms with E-state index in [9.17, 15) is 18.3 Å². The molecule has 0 spiro atoms. The van der Waals surface area contributed by atoms with Crippen LogP contribution in [0.3, 0.4) is 0 Å². The smallest absolute Gasteiger partial charge is 0.416 e. The molecule has 0 aliphatic rings. The number of anilines is 1. The van der Waals surface area contributed by atoms with Gasteiger partial charge in [0.2, 0.25) is 0 Å². The number of phenolic OH excluding ortho intramolecular Hbond substituents is 1. The van der Waals surface area contributed by atoms with E-state index in [2.05, 4.69) is 5.32 Å². The topological polar surface area (TPSA) is 32.3 Å². The summed E-state index contributed by atoms with van der Waals surface area (Å²) in [7, 11) is 0. The third kappa shape index (κ3) is 3.82. The van der Waals surface area contributed by atoms with E-state index in [1.807, 2.05) is 0 Å². The number of halogens is 4. The first-order valence-electron chi connectivity index (χ1n) is 6.16. The monoisotopic (exact) mass is 315 g/mol. The van der Waals surface area contributed by atoms with Gasteiger partial charge in [-0.25, -0.2) is 0 Å². The van der Waals surface area contributed by atoms with E-state index < -0.39 is 11.7 Å². The maximum Gasteiger partial charge on any atom is 0.416 e. The van der Waals surface area contributed by atoms with E-state index in [1.165, 1.54) is 18.2 Å². The molecule has 2 aromatic carbocycles. The SMILES string of the molecule is Cc1ccc(C(F)(F)F)cc1NCc1cc(Cl)ccc1O. The number of aryl methyl sites for hydroxylation is 1. The van der Waals surface area contributed by atoms with Crippen LogP contribution in [0.15, 0.2) is 36.4 Å². The molecule has 0 saturated carbocycles. The zero-order valence-electron chi connectivity index (χ0n) is 11.1. The molecular weight excluding hydrogens is 303 g/mol.